The van der Waals surface area contributed by atoms with Crippen molar-refractivity contribution >= 4 is 0 Å². The predicted molar refractivity (Wildman–Crippen MR) is 60.7 cm³/mol. The second kappa shape index (κ2) is 6.58. The molecule has 1 N–H and O–H groups in total. The molecule has 1 unspecified atom stereocenters. The number of nitrogens with zero attached hydrogens (tertiary/aromatic N) is 2. The first-order valence-corrected chi connectivity index (χ1v) is 5.53. The summed E-state index contributed by atoms with van der Waals surface area (Å²) in [6.45, 7) is 6.80. The van der Waals surface area contributed by atoms with Gasteiger partial charge in [0.05, 0.1) is 12.8 Å². The largest absolute Gasteiger partial charge is 0.383 e. The van der Waals surface area contributed by atoms with Crippen molar-refractivity contribution in [2.45, 2.75) is 39.4 Å². The van der Waals surface area contributed by atoms with Gasteiger partial charge in [0, 0.05) is 38.0 Å². The molecule has 0 amide bonds. The Bertz CT molecular complexity index is 273. The van der Waals surface area contributed by atoms with Gasteiger partial charge in [0.15, 0.2) is 0 Å². The first kappa shape index (κ1) is 12.2. The van der Waals surface area contributed by atoms with Gasteiger partial charge in [0.1, 0.15) is 0 Å². The molecule has 0 spiro atoms. The van der Waals surface area contributed by atoms with E-state index in [1.807, 2.05) is 10.9 Å². The van der Waals surface area contributed by atoms with Crippen molar-refractivity contribution in [1.29, 1.82) is 0 Å². The average Bonchev–Trinajstić information content (AvgIpc) is 2.72. The van der Waals surface area contributed by atoms with E-state index in [-0.39, 0.29) is 0 Å². The van der Waals surface area contributed by atoms with Crippen molar-refractivity contribution in [3.63, 3.8) is 0 Å². The van der Waals surface area contributed by atoms with E-state index in [1.54, 1.807) is 7.11 Å². The minimum absolute atomic E-state index is 0.431. The second-order valence-electron chi connectivity index (χ2n) is 3.65. The maximum atomic E-state index is 5.13. The lowest BCUT2D eigenvalue weighted by Gasteiger charge is -2.14. The number of rotatable bonds is 7. The molecule has 1 aromatic heterocycles. The Kier molecular flexibility index (Phi) is 5.36. The Morgan fingerprint density at radius 3 is 2.87 bits per heavy atom. The van der Waals surface area contributed by atoms with E-state index in [1.165, 1.54) is 5.56 Å². The summed E-state index contributed by atoms with van der Waals surface area (Å²) >= 11 is 0. The summed E-state index contributed by atoms with van der Waals surface area (Å²) in [7, 11) is 1.74. The Morgan fingerprint density at radius 2 is 2.33 bits per heavy atom. The molecule has 1 atom stereocenters. The zero-order valence-electron chi connectivity index (χ0n) is 9.86. The molecule has 1 aromatic rings. The second-order valence-corrected chi connectivity index (χ2v) is 3.65. The van der Waals surface area contributed by atoms with Crippen LogP contribution < -0.4 is 5.32 Å². The van der Waals surface area contributed by atoms with E-state index in [2.05, 4.69) is 30.5 Å². The van der Waals surface area contributed by atoms with E-state index in [0.29, 0.717) is 6.04 Å². The molecule has 1 rings (SSSR count). The zero-order valence-corrected chi connectivity index (χ0v) is 9.86. The first-order chi connectivity index (χ1) is 7.30. The van der Waals surface area contributed by atoms with Gasteiger partial charge in [0.25, 0.3) is 0 Å². The quantitative estimate of drug-likeness (QED) is 0.741. The van der Waals surface area contributed by atoms with E-state index in [0.717, 1.165) is 26.1 Å². The van der Waals surface area contributed by atoms with Crippen LogP contribution in [0.15, 0.2) is 12.4 Å². The molecule has 0 aliphatic carbocycles. The molecule has 0 aliphatic rings. The molecule has 0 radical (unpaired) electrons. The van der Waals surface area contributed by atoms with Gasteiger partial charge >= 0.3 is 0 Å². The third kappa shape index (κ3) is 4.01. The number of hydrogen-bond acceptors (Lipinski definition) is 3. The highest BCUT2D eigenvalue weighted by molar-refractivity contribution is 5.03. The maximum absolute atomic E-state index is 5.13. The highest BCUT2D eigenvalue weighted by atomic mass is 16.5. The fraction of sp³-hybridized carbons (Fsp3) is 0.727. The maximum Gasteiger partial charge on any atom is 0.0615 e. The van der Waals surface area contributed by atoms with Crippen molar-refractivity contribution < 1.29 is 4.74 Å². The Balaban J connectivity index is 2.34. The highest BCUT2D eigenvalue weighted by Gasteiger charge is 2.05. The highest BCUT2D eigenvalue weighted by Crippen LogP contribution is 1.99. The third-order valence-corrected chi connectivity index (χ3v) is 2.47. The van der Waals surface area contributed by atoms with Crippen LogP contribution >= 0.6 is 0 Å². The minimum Gasteiger partial charge on any atom is -0.383 e. The summed E-state index contributed by atoms with van der Waals surface area (Å²) in [5, 5.41) is 7.68. The molecule has 0 saturated carbocycles. The fourth-order valence-corrected chi connectivity index (χ4v) is 1.46. The molecular weight excluding hydrogens is 190 g/mol. The SMILES string of the molecule is CCC(COC)NCc1cnn(CC)c1. The van der Waals surface area contributed by atoms with Gasteiger partial charge in [-0.05, 0) is 13.3 Å². The Morgan fingerprint density at radius 1 is 1.53 bits per heavy atom. The Labute approximate surface area is 91.6 Å². The van der Waals surface area contributed by atoms with Crippen LogP contribution in [0.4, 0.5) is 0 Å². The van der Waals surface area contributed by atoms with Crippen LogP contribution in [-0.2, 0) is 17.8 Å². The van der Waals surface area contributed by atoms with Crippen molar-refractivity contribution in [2.24, 2.45) is 0 Å². The van der Waals surface area contributed by atoms with Crippen LogP contribution in [-0.4, -0.2) is 29.5 Å². The normalized spacial score (nSPS) is 13.0. The summed E-state index contributed by atoms with van der Waals surface area (Å²) < 4.78 is 7.07. The summed E-state index contributed by atoms with van der Waals surface area (Å²) in [6.07, 6.45) is 5.07. The summed E-state index contributed by atoms with van der Waals surface area (Å²) in [4.78, 5) is 0. The molecule has 86 valence electrons. The summed E-state index contributed by atoms with van der Waals surface area (Å²) in [6, 6.07) is 0.431. The monoisotopic (exact) mass is 211 g/mol. The molecule has 0 bridgehead atoms. The molecule has 0 fully saturated rings. The number of aryl methyl sites for hydroxylation is 1. The third-order valence-electron chi connectivity index (χ3n) is 2.47. The molecule has 1 heterocycles. The predicted octanol–water partition coefficient (Wildman–Crippen LogP) is 1.42. The molecule has 0 saturated heterocycles. The molecule has 4 heteroatoms. The number of methoxy groups -OCH3 is 1. The van der Waals surface area contributed by atoms with E-state index in [4.69, 9.17) is 4.74 Å². The topological polar surface area (TPSA) is 39.1 Å². The van der Waals surface area contributed by atoms with Crippen LogP contribution in [0.2, 0.25) is 0 Å². The van der Waals surface area contributed by atoms with Crippen LogP contribution in [0.1, 0.15) is 25.8 Å². The number of nitrogens with one attached hydrogen (secondary N) is 1. The van der Waals surface area contributed by atoms with Crippen molar-refractivity contribution in [1.82, 2.24) is 15.1 Å². The lowest BCUT2D eigenvalue weighted by molar-refractivity contribution is 0.164. The summed E-state index contributed by atoms with van der Waals surface area (Å²) in [5.41, 5.74) is 1.23. The van der Waals surface area contributed by atoms with Crippen LogP contribution in [0.3, 0.4) is 0 Å². The van der Waals surface area contributed by atoms with Crippen LogP contribution in [0.5, 0.6) is 0 Å². The standard InChI is InChI=1S/C11H21N3O/c1-4-11(9-15-3)12-6-10-7-13-14(5-2)8-10/h7-8,11-12H,4-6,9H2,1-3H3. The van der Waals surface area contributed by atoms with Crippen molar-refractivity contribution in [3.05, 3.63) is 18.0 Å². The van der Waals surface area contributed by atoms with Gasteiger partial charge in [-0.3, -0.25) is 4.68 Å². The van der Waals surface area contributed by atoms with E-state index in [9.17, 15) is 0 Å². The van der Waals surface area contributed by atoms with Gasteiger partial charge in [-0.2, -0.15) is 5.10 Å². The molecule has 0 aromatic carbocycles. The van der Waals surface area contributed by atoms with Crippen molar-refractivity contribution in [2.75, 3.05) is 13.7 Å². The lowest BCUT2D eigenvalue weighted by Crippen LogP contribution is -2.31. The molecular formula is C11H21N3O. The van der Waals surface area contributed by atoms with E-state index < -0.39 is 0 Å². The number of ether oxygens (including phenoxy) is 1. The van der Waals surface area contributed by atoms with Crippen LogP contribution in [0, 0.1) is 0 Å². The molecule has 15 heavy (non-hydrogen) atoms. The van der Waals surface area contributed by atoms with Gasteiger partial charge < -0.3 is 10.1 Å². The number of hydrogen-bond donors (Lipinski definition) is 1. The first-order valence-electron chi connectivity index (χ1n) is 5.53. The van der Waals surface area contributed by atoms with Crippen molar-refractivity contribution in [3.8, 4) is 0 Å². The molecule has 4 nitrogen and oxygen atoms in total. The smallest absolute Gasteiger partial charge is 0.0615 e. The van der Waals surface area contributed by atoms with E-state index >= 15 is 0 Å². The lowest BCUT2D eigenvalue weighted by atomic mass is 10.2. The summed E-state index contributed by atoms with van der Waals surface area (Å²) in [5.74, 6) is 0. The molecule has 0 aliphatic heterocycles. The average molecular weight is 211 g/mol. The minimum atomic E-state index is 0.431. The van der Waals surface area contributed by atoms with Gasteiger partial charge in [-0.25, -0.2) is 0 Å². The number of aromatic nitrogens is 2. The van der Waals surface area contributed by atoms with Gasteiger partial charge in [0.2, 0.25) is 0 Å². The fourth-order valence-electron chi connectivity index (χ4n) is 1.46. The van der Waals surface area contributed by atoms with Gasteiger partial charge in [-0.1, -0.05) is 6.92 Å². The van der Waals surface area contributed by atoms with Gasteiger partial charge in [-0.15, -0.1) is 0 Å². The Hall–Kier alpha value is -0.870. The van der Waals surface area contributed by atoms with Crippen LogP contribution in [0.25, 0.3) is 0 Å². The zero-order chi connectivity index (χ0) is 11.1.